The quantitative estimate of drug-likeness (QED) is 0.683. The molecule has 3 aromatic rings. The third-order valence-electron chi connectivity index (χ3n) is 5.38. The van der Waals surface area contributed by atoms with Gasteiger partial charge < -0.3 is 9.67 Å². The highest BCUT2D eigenvalue weighted by Gasteiger charge is 2.31. The topological polar surface area (TPSA) is 59.3 Å². The van der Waals surface area contributed by atoms with Crippen molar-refractivity contribution >= 4 is 27.7 Å². The molecule has 1 unspecified atom stereocenters. The van der Waals surface area contributed by atoms with Gasteiger partial charge in [0.15, 0.2) is 0 Å². The number of hydrogen-bond acceptors (Lipinski definition) is 2. The number of fused-ring (bicyclic) bond motifs is 2. The number of aliphatic carboxylic acids is 1. The van der Waals surface area contributed by atoms with E-state index in [2.05, 4.69) is 0 Å². The molecule has 0 saturated heterocycles. The van der Waals surface area contributed by atoms with Crippen molar-refractivity contribution in [3.63, 3.8) is 0 Å². The number of benzene rings is 2. The first kappa shape index (κ1) is 19.7. The molecule has 4 rings (SSSR count). The van der Waals surface area contributed by atoms with E-state index in [4.69, 9.17) is 0 Å². The Morgan fingerprint density at radius 3 is 2.66 bits per heavy atom. The van der Waals surface area contributed by atoms with Gasteiger partial charge >= 0.3 is 12.1 Å². The highest BCUT2D eigenvalue weighted by atomic mass is 32.2. The zero-order valence-electron chi connectivity index (χ0n) is 15.5. The highest BCUT2D eigenvalue weighted by Crippen LogP contribution is 2.35. The minimum Gasteiger partial charge on any atom is -0.480 e. The van der Waals surface area contributed by atoms with Crippen molar-refractivity contribution in [2.45, 2.75) is 37.4 Å². The normalized spacial score (nSPS) is 16.3. The highest BCUT2D eigenvalue weighted by molar-refractivity contribution is 7.85. The van der Waals surface area contributed by atoms with Crippen LogP contribution in [0.15, 0.2) is 41.3 Å². The number of carboxylic acid groups (broad SMARTS) is 1. The zero-order valence-corrected chi connectivity index (χ0v) is 16.4. The third kappa shape index (κ3) is 3.57. The molecule has 1 aliphatic heterocycles. The van der Waals surface area contributed by atoms with E-state index in [1.165, 1.54) is 10.6 Å². The molecular formula is C21H18F3NO3S. The van der Waals surface area contributed by atoms with E-state index < -0.39 is 35.1 Å². The van der Waals surface area contributed by atoms with Crippen LogP contribution in [0.25, 0.3) is 10.9 Å². The molecule has 8 heteroatoms. The van der Waals surface area contributed by atoms with Crippen molar-refractivity contribution in [1.29, 1.82) is 0 Å². The van der Waals surface area contributed by atoms with Crippen molar-refractivity contribution < 1.29 is 27.3 Å². The summed E-state index contributed by atoms with van der Waals surface area (Å²) in [4.78, 5) is 12.1. The van der Waals surface area contributed by atoms with Crippen LogP contribution < -0.4 is 0 Å². The molecule has 0 amide bonds. The second-order valence-electron chi connectivity index (χ2n) is 7.19. The van der Waals surface area contributed by atoms with Crippen LogP contribution in [-0.4, -0.2) is 25.6 Å². The lowest BCUT2D eigenvalue weighted by Crippen LogP contribution is -2.11. The Morgan fingerprint density at radius 2 is 1.97 bits per heavy atom. The molecule has 2 aromatic carbocycles. The number of nitrogens with zero attached hydrogens (tertiary/aromatic N) is 1. The summed E-state index contributed by atoms with van der Waals surface area (Å²) in [6.07, 6.45) is -3.30. The van der Waals surface area contributed by atoms with Crippen LogP contribution in [0.5, 0.6) is 0 Å². The Balaban J connectivity index is 1.83. The summed E-state index contributed by atoms with van der Waals surface area (Å²) in [7, 11) is -0.969. The number of carbonyl (C=O) groups is 1. The third-order valence-corrected chi connectivity index (χ3v) is 6.85. The molecule has 29 heavy (non-hydrogen) atoms. The molecule has 2 heterocycles. The second-order valence-corrected chi connectivity index (χ2v) is 8.73. The van der Waals surface area contributed by atoms with Gasteiger partial charge in [0.1, 0.15) is 6.54 Å². The molecule has 1 aromatic heterocycles. The summed E-state index contributed by atoms with van der Waals surface area (Å²) >= 11 is 0. The summed E-state index contributed by atoms with van der Waals surface area (Å²) in [5, 5.41) is 9.85. The molecule has 0 aliphatic carbocycles. The molecule has 0 bridgehead atoms. The summed E-state index contributed by atoms with van der Waals surface area (Å²) in [6, 6.07) is 9.18. The fourth-order valence-corrected chi connectivity index (χ4v) is 5.26. The number of alkyl halides is 3. The molecule has 0 saturated carbocycles. The van der Waals surface area contributed by atoms with E-state index in [-0.39, 0.29) is 5.52 Å². The fraction of sp³-hybridized carbons (Fsp3) is 0.286. The van der Waals surface area contributed by atoms with E-state index in [0.29, 0.717) is 23.3 Å². The number of halogens is 3. The van der Waals surface area contributed by atoms with Crippen LogP contribution in [0.2, 0.25) is 0 Å². The van der Waals surface area contributed by atoms with Crippen LogP contribution in [0, 0.1) is 6.92 Å². The minimum atomic E-state index is -4.50. The molecule has 1 N–H and O–H groups in total. The molecule has 0 radical (unpaired) electrons. The fourth-order valence-electron chi connectivity index (χ4n) is 3.96. The van der Waals surface area contributed by atoms with Gasteiger partial charge in [-0.05, 0) is 54.7 Å². The average Bonchev–Trinajstić information content (AvgIpc) is 3.13. The van der Waals surface area contributed by atoms with Crippen molar-refractivity contribution in [3.05, 3.63) is 64.3 Å². The maximum absolute atomic E-state index is 13.2. The maximum Gasteiger partial charge on any atom is 0.416 e. The summed E-state index contributed by atoms with van der Waals surface area (Å²) in [5.74, 6) is -0.510. The van der Waals surface area contributed by atoms with Crippen molar-refractivity contribution in [2.24, 2.45) is 0 Å². The Labute approximate surface area is 167 Å². The van der Waals surface area contributed by atoms with Gasteiger partial charge in [0.2, 0.25) is 0 Å². The van der Waals surface area contributed by atoms with Gasteiger partial charge in [-0.2, -0.15) is 13.2 Å². The van der Waals surface area contributed by atoms with Crippen molar-refractivity contribution in [2.75, 3.05) is 5.75 Å². The van der Waals surface area contributed by atoms with Crippen molar-refractivity contribution in [3.8, 4) is 0 Å². The van der Waals surface area contributed by atoms with Gasteiger partial charge in [0.05, 0.1) is 16.4 Å². The Morgan fingerprint density at radius 1 is 1.21 bits per heavy atom. The summed E-state index contributed by atoms with van der Waals surface area (Å²) in [6.45, 7) is 1.32. The largest absolute Gasteiger partial charge is 0.480 e. The van der Waals surface area contributed by atoms with E-state index in [1.54, 1.807) is 6.92 Å². The lowest BCUT2D eigenvalue weighted by Gasteiger charge is -2.08. The minimum absolute atomic E-state index is 0.261. The van der Waals surface area contributed by atoms with Gasteiger partial charge in [0, 0.05) is 27.2 Å². The van der Waals surface area contributed by atoms with E-state index in [0.717, 1.165) is 40.1 Å². The van der Waals surface area contributed by atoms with Gasteiger partial charge in [-0.25, -0.2) is 0 Å². The lowest BCUT2D eigenvalue weighted by atomic mass is 9.99. The lowest BCUT2D eigenvalue weighted by molar-refractivity contribution is -0.138. The standard InChI is InChI=1S/C21H18F3NO3S/c1-12-17(9-13-2-5-19-14(8-13)6-7-29(19)28)16-4-3-15(21(22,23)24)10-18(16)25(12)11-20(26)27/h2-5,8,10H,6-7,9,11H2,1H3,(H,26,27). The molecule has 0 spiro atoms. The smallest absolute Gasteiger partial charge is 0.416 e. The molecule has 4 nitrogen and oxygen atoms in total. The van der Waals surface area contributed by atoms with E-state index in [9.17, 15) is 27.3 Å². The van der Waals surface area contributed by atoms with Gasteiger partial charge in [-0.3, -0.25) is 9.00 Å². The van der Waals surface area contributed by atoms with Gasteiger partial charge in [-0.15, -0.1) is 0 Å². The molecule has 152 valence electrons. The van der Waals surface area contributed by atoms with Crippen molar-refractivity contribution in [1.82, 2.24) is 4.57 Å². The van der Waals surface area contributed by atoms with E-state index in [1.807, 2.05) is 18.2 Å². The number of aryl methyl sites for hydroxylation is 1. The SMILES string of the molecule is Cc1c(Cc2ccc3c(c2)CCS3=O)c2ccc(C(F)(F)F)cc2n1CC(=O)O. The molecule has 1 aliphatic rings. The average molecular weight is 421 g/mol. The van der Waals surface area contributed by atoms with Crippen LogP contribution in [0.1, 0.15) is 27.9 Å². The Hall–Kier alpha value is -2.61. The van der Waals surface area contributed by atoms with E-state index >= 15 is 0 Å². The van der Waals surface area contributed by atoms with Crippen LogP contribution in [0.4, 0.5) is 13.2 Å². The maximum atomic E-state index is 13.2. The number of hydrogen-bond donors (Lipinski definition) is 1. The molecule has 0 fully saturated rings. The molecular weight excluding hydrogens is 403 g/mol. The Kier molecular flexibility index (Phi) is 4.77. The first-order valence-corrected chi connectivity index (χ1v) is 10.4. The van der Waals surface area contributed by atoms with Crippen LogP contribution in [-0.2, 0) is 41.2 Å². The predicted octanol–water partition coefficient (Wildman–Crippen LogP) is 4.31. The summed E-state index contributed by atoms with van der Waals surface area (Å²) < 4.78 is 52.9. The number of aromatic nitrogens is 1. The monoisotopic (exact) mass is 421 g/mol. The number of carboxylic acids is 1. The second kappa shape index (κ2) is 7.02. The summed E-state index contributed by atoms with van der Waals surface area (Å²) in [5.41, 5.74) is 2.88. The zero-order chi connectivity index (χ0) is 20.9. The first-order valence-electron chi connectivity index (χ1n) is 9.06. The Bertz CT molecular complexity index is 1160. The van der Waals surface area contributed by atoms with Gasteiger partial charge in [0.25, 0.3) is 0 Å². The first-order chi connectivity index (χ1) is 13.6. The van der Waals surface area contributed by atoms with Crippen LogP contribution in [0.3, 0.4) is 0 Å². The molecule has 1 atom stereocenters. The number of rotatable bonds is 4. The van der Waals surface area contributed by atoms with Crippen LogP contribution >= 0.6 is 0 Å². The van der Waals surface area contributed by atoms with Gasteiger partial charge in [-0.1, -0.05) is 18.2 Å². The predicted molar refractivity (Wildman–Crippen MR) is 104 cm³/mol.